The molecule has 0 aromatic carbocycles. The van der Waals surface area contributed by atoms with Gasteiger partial charge in [-0.25, -0.2) is 4.98 Å². The van der Waals surface area contributed by atoms with Crippen LogP contribution < -0.4 is 10.2 Å². The van der Waals surface area contributed by atoms with Crippen LogP contribution in [0.5, 0.6) is 0 Å². The van der Waals surface area contributed by atoms with Gasteiger partial charge in [0.25, 0.3) is 5.91 Å². The second-order valence-electron chi connectivity index (χ2n) is 3.64. The summed E-state index contributed by atoms with van der Waals surface area (Å²) in [6, 6.07) is 3.59. The molecule has 1 heterocycles. The molecule has 16 heavy (non-hydrogen) atoms. The molecule has 1 aromatic rings. The van der Waals surface area contributed by atoms with Crippen molar-refractivity contribution in [2.75, 3.05) is 31.4 Å². The van der Waals surface area contributed by atoms with E-state index in [2.05, 4.69) is 10.3 Å². The molecule has 5 nitrogen and oxygen atoms in total. The lowest BCUT2D eigenvalue weighted by Crippen LogP contribution is -2.27. The van der Waals surface area contributed by atoms with Gasteiger partial charge in [-0.1, -0.05) is 0 Å². The van der Waals surface area contributed by atoms with Crippen LogP contribution in [0, 0.1) is 0 Å². The first-order chi connectivity index (χ1) is 7.56. The van der Waals surface area contributed by atoms with Gasteiger partial charge >= 0.3 is 0 Å². The van der Waals surface area contributed by atoms with E-state index in [0.29, 0.717) is 5.69 Å². The maximum atomic E-state index is 11.6. The van der Waals surface area contributed by atoms with Crippen LogP contribution in [0.3, 0.4) is 0 Å². The lowest BCUT2D eigenvalue weighted by molar-refractivity contribution is -0.124. The maximum absolute atomic E-state index is 11.6. The first-order valence-electron chi connectivity index (χ1n) is 5.02. The third-order valence-electron chi connectivity index (χ3n) is 2.19. The number of anilines is 2. The van der Waals surface area contributed by atoms with Gasteiger partial charge < -0.3 is 15.0 Å². The molecule has 0 aliphatic rings. The molecule has 0 unspecified atom stereocenters. The van der Waals surface area contributed by atoms with Gasteiger partial charge in [0.2, 0.25) is 0 Å². The quantitative estimate of drug-likeness (QED) is 0.831. The molecule has 1 amide bonds. The van der Waals surface area contributed by atoms with Crippen molar-refractivity contribution in [2.45, 2.75) is 13.0 Å². The highest BCUT2D eigenvalue weighted by molar-refractivity contribution is 5.96. The Labute approximate surface area is 95.4 Å². The summed E-state index contributed by atoms with van der Waals surface area (Å²) in [7, 11) is 5.25. The first-order valence-corrected chi connectivity index (χ1v) is 5.02. The Morgan fingerprint density at radius 2 is 2.25 bits per heavy atom. The summed E-state index contributed by atoms with van der Waals surface area (Å²) in [5.74, 6) is 0.540. The number of carbonyl (C=O) groups excluding carboxylic acids is 1. The summed E-state index contributed by atoms with van der Waals surface area (Å²) < 4.78 is 4.94. The zero-order valence-corrected chi connectivity index (χ0v) is 10.0. The number of hydrogen-bond donors (Lipinski definition) is 1. The normalized spacial score (nSPS) is 12.0. The lowest BCUT2D eigenvalue weighted by Gasteiger charge is -2.17. The highest BCUT2D eigenvalue weighted by Gasteiger charge is 2.14. The Kier molecular flexibility index (Phi) is 4.25. The van der Waals surface area contributed by atoms with Gasteiger partial charge in [-0.05, 0) is 19.1 Å². The monoisotopic (exact) mass is 223 g/mol. The average molecular weight is 223 g/mol. The summed E-state index contributed by atoms with van der Waals surface area (Å²) >= 11 is 0. The molecule has 1 rings (SSSR count). The molecule has 0 spiro atoms. The molecule has 0 radical (unpaired) electrons. The maximum Gasteiger partial charge on any atom is 0.253 e. The highest BCUT2D eigenvalue weighted by atomic mass is 16.5. The predicted molar refractivity (Wildman–Crippen MR) is 63.7 cm³/mol. The van der Waals surface area contributed by atoms with Gasteiger partial charge in [-0.2, -0.15) is 0 Å². The minimum absolute atomic E-state index is 0.182. The van der Waals surface area contributed by atoms with Crippen molar-refractivity contribution in [1.29, 1.82) is 0 Å². The fourth-order valence-corrected chi connectivity index (χ4v) is 1.19. The summed E-state index contributed by atoms with van der Waals surface area (Å²) in [6.45, 7) is 1.70. The largest absolute Gasteiger partial charge is 0.372 e. The molecule has 1 aromatic heterocycles. The zero-order chi connectivity index (χ0) is 12.1. The smallest absolute Gasteiger partial charge is 0.253 e. The number of hydrogen-bond acceptors (Lipinski definition) is 4. The SMILES string of the molecule is CO[C@@H](C)C(=O)Nc1cccnc1N(C)C. The van der Waals surface area contributed by atoms with Gasteiger partial charge in [-0.3, -0.25) is 4.79 Å². The number of methoxy groups -OCH3 is 1. The van der Waals surface area contributed by atoms with E-state index < -0.39 is 6.10 Å². The number of nitrogens with zero attached hydrogens (tertiary/aromatic N) is 2. The van der Waals surface area contributed by atoms with Crippen LogP contribution in [0.2, 0.25) is 0 Å². The molecule has 0 fully saturated rings. The Balaban J connectivity index is 2.84. The van der Waals surface area contributed by atoms with Crippen LogP contribution in [-0.2, 0) is 9.53 Å². The summed E-state index contributed by atoms with van der Waals surface area (Å²) in [5, 5.41) is 2.77. The molecule has 0 saturated heterocycles. The minimum atomic E-state index is -0.477. The number of amides is 1. The first kappa shape index (κ1) is 12.4. The average Bonchev–Trinajstić information content (AvgIpc) is 2.28. The fraction of sp³-hybridized carbons (Fsp3) is 0.455. The standard InChI is InChI=1S/C11H17N3O2/c1-8(16-4)11(15)13-9-6-5-7-12-10(9)14(2)3/h5-8H,1-4H3,(H,13,15)/t8-/m0/s1. The van der Waals surface area contributed by atoms with E-state index in [1.54, 1.807) is 19.2 Å². The molecule has 0 aliphatic carbocycles. The number of pyridine rings is 1. The number of carbonyl (C=O) groups is 1. The molecule has 0 aliphatic heterocycles. The molecule has 1 N–H and O–H groups in total. The van der Waals surface area contributed by atoms with Crippen molar-refractivity contribution in [3.8, 4) is 0 Å². The van der Waals surface area contributed by atoms with Crippen LogP contribution in [0.15, 0.2) is 18.3 Å². The summed E-state index contributed by atoms with van der Waals surface area (Å²) in [4.78, 5) is 17.7. The van der Waals surface area contributed by atoms with E-state index >= 15 is 0 Å². The molecular formula is C11H17N3O2. The Morgan fingerprint density at radius 1 is 1.56 bits per heavy atom. The van der Waals surface area contributed by atoms with Gasteiger partial charge in [0.1, 0.15) is 6.10 Å². The van der Waals surface area contributed by atoms with E-state index in [9.17, 15) is 4.79 Å². The molecule has 5 heteroatoms. The van der Waals surface area contributed by atoms with Crippen LogP contribution in [0.25, 0.3) is 0 Å². The number of rotatable bonds is 4. The predicted octanol–water partition coefficient (Wildman–Crippen LogP) is 1.12. The molecule has 1 atom stereocenters. The number of nitrogens with one attached hydrogen (secondary N) is 1. The van der Waals surface area contributed by atoms with Crippen LogP contribution in [0.1, 0.15) is 6.92 Å². The van der Waals surface area contributed by atoms with Crippen LogP contribution >= 0.6 is 0 Å². The second-order valence-corrected chi connectivity index (χ2v) is 3.64. The fourth-order valence-electron chi connectivity index (χ4n) is 1.19. The van der Waals surface area contributed by atoms with E-state index in [1.807, 2.05) is 25.1 Å². The third kappa shape index (κ3) is 2.93. The number of ether oxygens (including phenoxy) is 1. The third-order valence-corrected chi connectivity index (χ3v) is 2.19. The molecule has 0 saturated carbocycles. The molecule has 88 valence electrons. The van der Waals surface area contributed by atoms with E-state index in [-0.39, 0.29) is 5.91 Å². The second kappa shape index (κ2) is 5.46. The number of aromatic nitrogens is 1. The lowest BCUT2D eigenvalue weighted by atomic mass is 10.3. The van der Waals surface area contributed by atoms with Crippen molar-refractivity contribution >= 4 is 17.4 Å². The summed E-state index contributed by atoms with van der Waals surface area (Å²) in [5.41, 5.74) is 0.682. The van der Waals surface area contributed by atoms with Gasteiger partial charge in [-0.15, -0.1) is 0 Å². The zero-order valence-electron chi connectivity index (χ0n) is 10.0. The van der Waals surface area contributed by atoms with Crippen molar-refractivity contribution in [3.63, 3.8) is 0 Å². The van der Waals surface area contributed by atoms with Gasteiger partial charge in [0, 0.05) is 27.4 Å². The Bertz CT molecular complexity index is 366. The van der Waals surface area contributed by atoms with Crippen LogP contribution in [0.4, 0.5) is 11.5 Å². The molecule has 0 bridgehead atoms. The van der Waals surface area contributed by atoms with Crippen molar-refractivity contribution in [2.24, 2.45) is 0 Å². The Morgan fingerprint density at radius 3 is 2.81 bits per heavy atom. The van der Waals surface area contributed by atoms with Crippen molar-refractivity contribution in [1.82, 2.24) is 4.98 Å². The van der Waals surface area contributed by atoms with Crippen molar-refractivity contribution in [3.05, 3.63) is 18.3 Å². The van der Waals surface area contributed by atoms with Crippen molar-refractivity contribution < 1.29 is 9.53 Å². The van der Waals surface area contributed by atoms with E-state index in [4.69, 9.17) is 4.74 Å². The highest BCUT2D eigenvalue weighted by Crippen LogP contribution is 2.20. The van der Waals surface area contributed by atoms with Gasteiger partial charge in [0.15, 0.2) is 5.82 Å². The molecular weight excluding hydrogens is 206 g/mol. The minimum Gasteiger partial charge on any atom is -0.372 e. The topological polar surface area (TPSA) is 54.5 Å². The van der Waals surface area contributed by atoms with Crippen LogP contribution in [-0.4, -0.2) is 38.2 Å². The van der Waals surface area contributed by atoms with E-state index in [1.165, 1.54) is 7.11 Å². The van der Waals surface area contributed by atoms with Gasteiger partial charge in [0.05, 0.1) is 5.69 Å². The Hall–Kier alpha value is -1.62. The van der Waals surface area contributed by atoms with E-state index in [0.717, 1.165) is 5.82 Å². The summed E-state index contributed by atoms with van der Waals surface area (Å²) in [6.07, 6.45) is 1.21.